The van der Waals surface area contributed by atoms with E-state index in [0.29, 0.717) is 16.4 Å². The zero-order valence-corrected chi connectivity index (χ0v) is 11.9. The molecule has 7 nitrogen and oxygen atoms in total. The van der Waals surface area contributed by atoms with E-state index in [1.54, 1.807) is 12.1 Å². The summed E-state index contributed by atoms with van der Waals surface area (Å²) in [5.41, 5.74) is 5.24. The quantitative estimate of drug-likeness (QED) is 0.803. The second-order valence-electron chi connectivity index (χ2n) is 4.42. The molecule has 1 heterocycles. The molecule has 0 fully saturated rings. The molecule has 110 valence electrons. The monoisotopic (exact) mass is 308 g/mol. The summed E-state index contributed by atoms with van der Waals surface area (Å²) in [5.74, 6) is -0.548. The van der Waals surface area contributed by atoms with Gasteiger partial charge in [0.1, 0.15) is 6.54 Å². The summed E-state index contributed by atoms with van der Waals surface area (Å²) < 4.78 is 2.04. The Kier molecular flexibility index (Phi) is 4.13. The number of carbonyl (C=O) groups is 1. The van der Waals surface area contributed by atoms with E-state index in [9.17, 15) is 14.4 Å². The molecule has 2 aromatic rings. The minimum absolute atomic E-state index is 0.311. The molecule has 0 atom stereocenters. The Morgan fingerprint density at radius 1 is 1.33 bits per heavy atom. The number of halogens is 1. The van der Waals surface area contributed by atoms with Crippen LogP contribution in [0.4, 0.5) is 11.4 Å². The van der Waals surface area contributed by atoms with Crippen LogP contribution in [0.5, 0.6) is 0 Å². The van der Waals surface area contributed by atoms with Crippen LogP contribution in [-0.2, 0) is 18.4 Å². The van der Waals surface area contributed by atoms with Gasteiger partial charge in [-0.15, -0.1) is 0 Å². The predicted octanol–water partition coefficient (Wildman–Crippen LogP) is 0.421. The van der Waals surface area contributed by atoms with Gasteiger partial charge in [-0.3, -0.25) is 14.2 Å². The van der Waals surface area contributed by atoms with Gasteiger partial charge < -0.3 is 15.6 Å². The van der Waals surface area contributed by atoms with Gasteiger partial charge in [0.15, 0.2) is 0 Å². The Morgan fingerprint density at radius 2 is 2.05 bits per heavy atom. The van der Waals surface area contributed by atoms with Gasteiger partial charge in [-0.05, 0) is 18.2 Å². The van der Waals surface area contributed by atoms with Crippen LogP contribution in [0.3, 0.4) is 0 Å². The van der Waals surface area contributed by atoms with Crippen LogP contribution in [0.15, 0.2) is 40.1 Å². The number of nitrogens with two attached hydrogens (primary N) is 1. The molecule has 1 amide bonds. The molecule has 1 aromatic carbocycles. The number of nitrogens with zero attached hydrogens (tertiary/aromatic N) is 2. The highest BCUT2D eigenvalue weighted by atomic mass is 35.5. The van der Waals surface area contributed by atoms with E-state index in [1.807, 2.05) is 0 Å². The third kappa shape index (κ3) is 3.32. The lowest BCUT2D eigenvalue weighted by Crippen LogP contribution is -2.40. The number of nitrogen functional groups attached to an aromatic ring is 1. The van der Waals surface area contributed by atoms with Crippen LogP contribution >= 0.6 is 11.6 Å². The Bertz CT molecular complexity index is 810. The third-order valence-corrected chi connectivity index (χ3v) is 3.14. The first kappa shape index (κ1) is 14.9. The number of carbonyl (C=O) groups excluding carboxylic acids is 1. The molecule has 0 spiro atoms. The molecular formula is C13H13ClN4O3. The van der Waals surface area contributed by atoms with Crippen molar-refractivity contribution in [2.75, 3.05) is 11.1 Å². The highest BCUT2D eigenvalue weighted by Gasteiger charge is 2.10. The molecule has 0 aliphatic rings. The van der Waals surface area contributed by atoms with Gasteiger partial charge >= 0.3 is 5.69 Å². The molecule has 0 aliphatic heterocycles. The smallest absolute Gasteiger partial charge is 0.331 e. The first-order valence-electron chi connectivity index (χ1n) is 6.00. The Balaban J connectivity index is 2.24. The maximum Gasteiger partial charge on any atom is 0.331 e. The van der Waals surface area contributed by atoms with Gasteiger partial charge in [0.2, 0.25) is 5.91 Å². The fourth-order valence-corrected chi connectivity index (χ4v) is 1.90. The van der Waals surface area contributed by atoms with Crippen molar-refractivity contribution >= 4 is 28.9 Å². The number of nitrogens with one attached hydrogen (secondary N) is 1. The van der Waals surface area contributed by atoms with Crippen molar-refractivity contribution in [3.05, 3.63) is 56.3 Å². The standard InChI is InChI=1S/C13H13ClN4O3/c1-17-5-4-12(20)18(13(17)21)7-11(19)16-10-6-8(15)2-3-9(10)14/h2-6H,7,15H2,1H3,(H,16,19). The largest absolute Gasteiger partial charge is 0.399 e. The highest BCUT2D eigenvalue weighted by molar-refractivity contribution is 6.33. The first-order chi connectivity index (χ1) is 9.88. The summed E-state index contributed by atoms with van der Waals surface area (Å²) in [4.78, 5) is 35.4. The average Bonchev–Trinajstić information content (AvgIpc) is 2.43. The SMILES string of the molecule is Cn1ccc(=O)n(CC(=O)Nc2cc(N)ccc2Cl)c1=O. The minimum atomic E-state index is -0.573. The van der Waals surface area contributed by atoms with Gasteiger partial charge in [-0.2, -0.15) is 0 Å². The van der Waals surface area contributed by atoms with Gasteiger partial charge in [-0.1, -0.05) is 11.6 Å². The maximum absolute atomic E-state index is 11.9. The van der Waals surface area contributed by atoms with Gasteiger partial charge in [0, 0.05) is 25.0 Å². The summed E-state index contributed by atoms with van der Waals surface area (Å²) in [5, 5.41) is 2.83. The van der Waals surface area contributed by atoms with Crippen LogP contribution in [0.25, 0.3) is 0 Å². The average molecular weight is 309 g/mol. The zero-order chi connectivity index (χ0) is 15.6. The van der Waals surface area contributed by atoms with E-state index < -0.39 is 23.7 Å². The number of aryl methyl sites for hydroxylation is 1. The molecule has 0 saturated carbocycles. The van der Waals surface area contributed by atoms with Gasteiger partial charge in [0.25, 0.3) is 5.56 Å². The Hall–Kier alpha value is -2.54. The molecule has 0 unspecified atom stereocenters. The molecule has 0 radical (unpaired) electrons. The van der Waals surface area contributed by atoms with Crippen LogP contribution in [0.1, 0.15) is 0 Å². The van der Waals surface area contributed by atoms with Crippen molar-refractivity contribution in [3.8, 4) is 0 Å². The molecule has 1 aromatic heterocycles. The predicted molar refractivity (Wildman–Crippen MR) is 80.4 cm³/mol. The van der Waals surface area contributed by atoms with Crippen LogP contribution < -0.4 is 22.3 Å². The van der Waals surface area contributed by atoms with Crippen molar-refractivity contribution in [2.24, 2.45) is 7.05 Å². The van der Waals surface area contributed by atoms with Crippen molar-refractivity contribution < 1.29 is 4.79 Å². The molecule has 3 N–H and O–H groups in total. The molecule has 21 heavy (non-hydrogen) atoms. The van der Waals surface area contributed by atoms with Gasteiger partial charge in [0.05, 0.1) is 10.7 Å². The molecule has 2 rings (SSSR count). The normalized spacial score (nSPS) is 10.4. The summed E-state index contributed by atoms with van der Waals surface area (Å²) in [6.07, 6.45) is 1.34. The lowest BCUT2D eigenvalue weighted by atomic mass is 10.3. The summed E-state index contributed by atoms with van der Waals surface area (Å²) in [7, 11) is 1.49. The van der Waals surface area contributed by atoms with Crippen LogP contribution in [0.2, 0.25) is 5.02 Å². The summed E-state index contributed by atoms with van der Waals surface area (Å²) in [6.45, 7) is -0.405. The van der Waals surface area contributed by atoms with E-state index >= 15 is 0 Å². The fraction of sp³-hybridized carbons (Fsp3) is 0.154. The van der Waals surface area contributed by atoms with Crippen molar-refractivity contribution in [3.63, 3.8) is 0 Å². The second-order valence-corrected chi connectivity index (χ2v) is 4.83. The van der Waals surface area contributed by atoms with E-state index in [4.69, 9.17) is 17.3 Å². The molecule has 0 bridgehead atoms. The Labute approximate surface area is 124 Å². The third-order valence-electron chi connectivity index (χ3n) is 2.81. The van der Waals surface area contributed by atoms with E-state index in [2.05, 4.69) is 5.32 Å². The van der Waals surface area contributed by atoms with Crippen LogP contribution in [-0.4, -0.2) is 15.0 Å². The molecule has 8 heteroatoms. The zero-order valence-electron chi connectivity index (χ0n) is 11.2. The molecular weight excluding hydrogens is 296 g/mol. The fourth-order valence-electron chi connectivity index (χ4n) is 1.73. The topological polar surface area (TPSA) is 99.1 Å². The first-order valence-corrected chi connectivity index (χ1v) is 6.37. The highest BCUT2D eigenvalue weighted by Crippen LogP contribution is 2.23. The van der Waals surface area contributed by atoms with Crippen molar-refractivity contribution in [1.29, 1.82) is 0 Å². The van der Waals surface area contributed by atoms with E-state index in [0.717, 1.165) is 4.57 Å². The lowest BCUT2D eigenvalue weighted by molar-refractivity contribution is -0.116. The van der Waals surface area contributed by atoms with E-state index in [1.165, 1.54) is 29.9 Å². The Morgan fingerprint density at radius 3 is 2.76 bits per heavy atom. The minimum Gasteiger partial charge on any atom is -0.399 e. The second kappa shape index (κ2) is 5.84. The lowest BCUT2D eigenvalue weighted by Gasteiger charge is -2.09. The number of anilines is 2. The van der Waals surface area contributed by atoms with E-state index in [-0.39, 0.29) is 0 Å². The number of aromatic nitrogens is 2. The number of amides is 1. The van der Waals surface area contributed by atoms with Crippen molar-refractivity contribution in [1.82, 2.24) is 9.13 Å². The number of hydrogen-bond donors (Lipinski definition) is 2. The van der Waals surface area contributed by atoms with Crippen LogP contribution in [0, 0.1) is 0 Å². The summed E-state index contributed by atoms with van der Waals surface area (Å²) >= 11 is 5.93. The molecule has 0 saturated heterocycles. The molecule has 0 aliphatic carbocycles. The van der Waals surface area contributed by atoms with Gasteiger partial charge in [-0.25, -0.2) is 4.79 Å². The number of hydrogen-bond acceptors (Lipinski definition) is 4. The summed E-state index contributed by atoms with van der Waals surface area (Å²) in [6, 6.07) is 5.84. The number of rotatable bonds is 3. The number of benzene rings is 1. The maximum atomic E-state index is 11.9. The van der Waals surface area contributed by atoms with Crippen molar-refractivity contribution in [2.45, 2.75) is 6.54 Å².